The van der Waals surface area contributed by atoms with Crippen molar-refractivity contribution in [1.29, 1.82) is 0 Å². The number of amides is 1. The monoisotopic (exact) mass is 294 g/mol. The zero-order valence-corrected chi connectivity index (χ0v) is 12.9. The van der Waals surface area contributed by atoms with Gasteiger partial charge in [0.15, 0.2) is 0 Å². The van der Waals surface area contributed by atoms with Crippen molar-refractivity contribution >= 4 is 5.91 Å². The van der Waals surface area contributed by atoms with E-state index in [-0.39, 0.29) is 17.9 Å². The molecule has 0 spiro atoms. The number of likely N-dealkylation sites (tertiary alicyclic amines) is 1. The van der Waals surface area contributed by atoms with Gasteiger partial charge in [-0.3, -0.25) is 4.79 Å². The molecule has 1 amide bonds. The van der Waals surface area contributed by atoms with Crippen LogP contribution in [0.4, 0.5) is 0 Å². The molecular weight excluding hydrogens is 272 g/mol. The summed E-state index contributed by atoms with van der Waals surface area (Å²) in [5, 5.41) is 0. The maximum atomic E-state index is 11.6. The molecule has 1 saturated heterocycles. The lowest BCUT2D eigenvalue weighted by molar-refractivity contribution is -0.130. The Labute approximate surface area is 131 Å². The molecule has 22 heavy (non-hydrogen) atoms. The van der Waals surface area contributed by atoms with E-state index in [0.29, 0.717) is 0 Å². The van der Waals surface area contributed by atoms with E-state index in [2.05, 4.69) is 36.4 Å². The van der Waals surface area contributed by atoms with Gasteiger partial charge in [-0.05, 0) is 23.1 Å². The third-order valence-electron chi connectivity index (χ3n) is 4.56. The summed E-state index contributed by atoms with van der Waals surface area (Å²) >= 11 is 0. The van der Waals surface area contributed by atoms with E-state index in [9.17, 15) is 4.79 Å². The molecule has 0 bridgehead atoms. The summed E-state index contributed by atoms with van der Waals surface area (Å²) in [5.74, 6) is 0.361. The van der Waals surface area contributed by atoms with Crippen LogP contribution in [0.1, 0.15) is 24.8 Å². The first-order chi connectivity index (χ1) is 10.6. The highest BCUT2D eigenvalue weighted by atomic mass is 16.2. The number of rotatable bonds is 2. The standard InChI is InChI=1S/C19H22N2O/c1-14(22)21-12-11-19(20)18(13-21)17-9-7-16(8-10-17)15-5-3-2-4-6-15/h2-10,18-19H,11-13,20H2,1H3/t18-,19+/m0/s1. The number of carbonyl (C=O) groups excluding carboxylic acids is 1. The van der Waals surface area contributed by atoms with Crippen LogP contribution in [0.25, 0.3) is 11.1 Å². The number of hydrogen-bond donors (Lipinski definition) is 1. The van der Waals surface area contributed by atoms with Gasteiger partial charge in [0.1, 0.15) is 0 Å². The van der Waals surface area contributed by atoms with Crippen LogP contribution >= 0.6 is 0 Å². The third-order valence-corrected chi connectivity index (χ3v) is 4.56. The number of nitrogens with two attached hydrogens (primary N) is 1. The predicted molar refractivity (Wildman–Crippen MR) is 89.5 cm³/mol. The fourth-order valence-corrected chi connectivity index (χ4v) is 3.16. The number of carbonyl (C=O) groups is 1. The highest BCUT2D eigenvalue weighted by molar-refractivity contribution is 5.73. The average Bonchev–Trinajstić information content (AvgIpc) is 2.56. The Bertz CT molecular complexity index is 636. The normalized spacial score (nSPS) is 21.6. The number of hydrogen-bond acceptors (Lipinski definition) is 2. The largest absolute Gasteiger partial charge is 0.342 e. The minimum atomic E-state index is 0.123. The van der Waals surface area contributed by atoms with Crippen molar-refractivity contribution in [2.24, 2.45) is 5.73 Å². The summed E-state index contributed by atoms with van der Waals surface area (Å²) in [5.41, 5.74) is 9.93. The van der Waals surface area contributed by atoms with Crippen LogP contribution in [0.15, 0.2) is 54.6 Å². The molecule has 3 rings (SSSR count). The van der Waals surface area contributed by atoms with E-state index in [1.807, 2.05) is 23.1 Å². The molecule has 1 heterocycles. The molecule has 2 atom stereocenters. The fraction of sp³-hybridized carbons (Fsp3) is 0.316. The summed E-state index contributed by atoms with van der Waals surface area (Å²) in [4.78, 5) is 13.5. The first-order valence-electron chi connectivity index (χ1n) is 7.81. The van der Waals surface area contributed by atoms with Gasteiger partial charge in [-0.1, -0.05) is 54.6 Å². The van der Waals surface area contributed by atoms with E-state index in [1.54, 1.807) is 6.92 Å². The highest BCUT2D eigenvalue weighted by Crippen LogP contribution is 2.28. The minimum absolute atomic E-state index is 0.123. The Kier molecular flexibility index (Phi) is 4.25. The van der Waals surface area contributed by atoms with E-state index < -0.39 is 0 Å². The summed E-state index contributed by atoms with van der Waals surface area (Å²) in [6.07, 6.45) is 0.866. The maximum Gasteiger partial charge on any atom is 0.219 e. The second-order valence-corrected chi connectivity index (χ2v) is 6.01. The lowest BCUT2D eigenvalue weighted by Crippen LogP contribution is -2.47. The summed E-state index contributed by atoms with van der Waals surface area (Å²) in [7, 11) is 0. The maximum absolute atomic E-state index is 11.6. The van der Waals surface area contributed by atoms with Crippen molar-refractivity contribution in [2.75, 3.05) is 13.1 Å². The molecule has 0 unspecified atom stereocenters. The van der Waals surface area contributed by atoms with E-state index in [0.717, 1.165) is 19.5 Å². The van der Waals surface area contributed by atoms with Gasteiger partial charge in [0.2, 0.25) is 5.91 Å². The zero-order valence-electron chi connectivity index (χ0n) is 12.9. The first kappa shape index (κ1) is 14.8. The van der Waals surface area contributed by atoms with E-state index in [4.69, 9.17) is 5.73 Å². The van der Waals surface area contributed by atoms with Crippen molar-refractivity contribution in [2.45, 2.75) is 25.3 Å². The Morgan fingerprint density at radius 3 is 2.32 bits per heavy atom. The minimum Gasteiger partial charge on any atom is -0.342 e. The molecule has 2 aromatic rings. The van der Waals surface area contributed by atoms with Gasteiger partial charge >= 0.3 is 0 Å². The molecule has 114 valence electrons. The predicted octanol–water partition coefficient (Wildman–Crippen LogP) is 3.02. The van der Waals surface area contributed by atoms with Gasteiger partial charge in [0.05, 0.1) is 0 Å². The number of piperidine rings is 1. The molecule has 2 aromatic carbocycles. The van der Waals surface area contributed by atoms with Crippen molar-refractivity contribution in [3.05, 3.63) is 60.2 Å². The van der Waals surface area contributed by atoms with Gasteiger partial charge in [0, 0.05) is 32.0 Å². The molecule has 3 heteroatoms. The van der Waals surface area contributed by atoms with Gasteiger partial charge in [0.25, 0.3) is 0 Å². The van der Waals surface area contributed by atoms with Crippen molar-refractivity contribution < 1.29 is 4.79 Å². The number of benzene rings is 2. The quantitative estimate of drug-likeness (QED) is 0.925. The summed E-state index contributed by atoms with van der Waals surface area (Å²) in [6.45, 7) is 3.13. The lowest BCUT2D eigenvalue weighted by Gasteiger charge is -2.36. The Hall–Kier alpha value is -2.13. The third kappa shape index (κ3) is 3.04. The molecular formula is C19H22N2O. The van der Waals surface area contributed by atoms with Crippen LogP contribution < -0.4 is 5.73 Å². The molecule has 0 saturated carbocycles. The van der Waals surface area contributed by atoms with Crippen LogP contribution in [0.3, 0.4) is 0 Å². The van der Waals surface area contributed by atoms with Crippen molar-refractivity contribution in [1.82, 2.24) is 4.90 Å². The molecule has 2 N–H and O–H groups in total. The van der Waals surface area contributed by atoms with Gasteiger partial charge in [-0.2, -0.15) is 0 Å². The molecule has 1 fully saturated rings. The second kappa shape index (κ2) is 6.32. The first-order valence-corrected chi connectivity index (χ1v) is 7.81. The summed E-state index contributed by atoms with van der Waals surface area (Å²) in [6, 6.07) is 19.0. The Morgan fingerprint density at radius 1 is 1.05 bits per heavy atom. The topological polar surface area (TPSA) is 46.3 Å². The zero-order chi connectivity index (χ0) is 15.5. The highest BCUT2D eigenvalue weighted by Gasteiger charge is 2.28. The Morgan fingerprint density at radius 2 is 1.68 bits per heavy atom. The molecule has 1 aliphatic rings. The Balaban J connectivity index is 1.81. The van der Waals surface area contributed by atoms with Crippen LogP contribution in [-0.4, -0.2) is 29.9 Å². The van der Waals surface area contributed by atoms with E-state index >= 15 is 0 Å². The molecule has 0 radical (unpaired) electrons. The number of nitrogens with zero attached hydrogens (tertiary/aromatic N) is 1. The van der Waals surface area contributed by atoms with Gasteiger partial charge in [-0.15, -0.1) is 0 Å². The lowest BCUT2D eigenvalue weighted by atomic mass is 9.86. The van der Waals surface area contributed by atoms with E-state index in [1.165, 1.54) is 16.7 Å². The smallest absolute Gasteiger partial charge is 0.219 e. The van der Waals surface area contributed by atoms with Crippen LogP contribution in [0.2, 0.25) is 0 Å². The second-order valence-electron chi connectivity index (χ2n) is 6.01. The molecule has 0 aromatic heterocycles. The van der Waals surface area contributed by atoms with Crippen LogP contribution in [0.5, 0.6) is 0 Å². The van der Waals surface area contributed by atoms with Gasteiger partial charge < -0.3 is 10.6 Å². The molecule has 1 aliphatic heterocycles. The van der Waals surface area contributed by atoms with Gasteiger partial charge in [-0.25, -0.2) is 0 Å². The molecule has 0 aliphatic carbocycles. The van der Waals surface area contributed by atoms with Crippen molar-refractivity contribution in [3.8, 4) is 11.1 Å². The fourth-order valence-electron chi connectivity index (χ4n) is 3.16. The van der Waals surface area contributed by atoms with Crippen LogP contribution in [-0.2, 0) is 4.79 Å². The SMILES string of the molecule is CC(=O)N1CC[C@@H](N)[C@H](c2ccc(-c3ccccc3)cc2)C1. The van der Waals surface area contributed by atoms with Crippen LogP contribution in [0, 0.1) is 0 Å². The summed E-state index contributed by atoms with van der Waals surface area (Å²) < 4.78 is 0. The average molecular weight is 294 g/mol. The van der Waals surface area contributed by atoms with Crippen molar-refractivity contribution in [3.63, 3.8) is 0 Å². The molecule has 3 nitrogen and oxygen atoms in total.